The standard InChI is InChI=1S/C15H14N2O3S/c1-9-2-3-12(10(6-9)7-18)20-8-13-16-11-4-5-21-14(11)15(19)17-13/h2-6,18H,7-8H2,1H3,(H,16,17,19). The van der Waals surface area contributed by atoms with Gasteiger partial charge in [-0.05, 0) is 24.4 Å². The number of aryl methyl sites for hydroxylation is 1. The van der Waals surface area contributed by atoms with E-state index >= 15 is 0 Å². The molecule has 5 nitrogen and oxygen atoms in total. The highest BCUT2D eigenvalue weighted by Crippen LogP contribution is 2.21. The number of nitrogens with one attached hydrogen (secondary N) is 1. The smallest absolute Gasteiger partial charge is 0.268 e. The molecular formula is C15H14N2O3S. The predicted octanol–water partition coefficient (Wildman–Crippen LogP) is 2.36. The monoisotopic (exact) mass is 302 g/mol. The maximum absolute atomic E-state index is 11.9. The zero-order valence-corrected chi connectivity index (χ0v) is 12.2. The van der Waals surface area contributed by atoms with Crippen molar-refractivity contribution in [2.75, 3.05) is 0 Å². The maximum Gasteiger partial charge on any atom is 0.268 e. The normalized spacial score (nSPS) is 11.0. The van der Waals surface area contributed by atoms with Crippen LogP contribution in [0.2, 0.25) is 0 Å². The zero-order valence-electron chi connectivity index (χ0n) is 11.4. The molecule has 0 saturated carbocycles. The van der Waals surface area contributed by atoms with Crippen molar-refractivity contribution in [3.05, 3.63) is 57.0 Å². The molecule has 0 aliphatic heterocycles. The van der Waals surface area contributed by atoms with Gasteiger partial charge in [-0.2, -0.15) is 0 Å². The number of aliphatic hydroxyl groups is 1. The lowest BCUT2D eigenvalue weighted by Gasteiger charge is -2.10. The van der Waals surface area contributed by atoms with Crippen LogP contribution in [0.1, 0.15) is 17.0 Å². The molecule has 0 aliphatic rings. The highest BCUT2D eigenvalue weighted by molar-refractivity contribution is 7.17. The topological polar surface area (TPSA) is 75.2 Å². The van der Waals surface area contributed by atoms with Gasteiger partial charge < -0.3 is 14.8 Å². The van der Waals surface area contributed by atoms with Crippen LogP contribution < -0.4 is 10.3 Å². The van der Waals surface area contributed by atoms with E-state index in [1.54, 1.807) is 0 Å². The van der Waals surface area contributed by atoms with Crippen molar-refractivity contribution in [1.29, 1.82) is 0 Å². The molecule has 2 aromatic heterocycles. The molecule has 2 N–H and O–H groups in total. The van der Waals surface area contributed by atoms with Crippen LogP contribution in [0.15, 0.2) is 34.4 Å². The number of aromatic amines is 1. The number of hydrogen-bond donors (Lipinski definition) is 2. The third-order valence-electron chi connectivity index (χ3n) is 3.11. The summed E-state index contributed by atoms with van der Waals surface area (Å²) in [6.07, 6.45) is 0. The number of aromatic nitrogens is 2. The summed E-state index contributed by atoms with van der Waals surface area (Å²) in [6, 6.07) is 7.40. The molecule has 0 aliphatic carbocycles. The molecule has 3 aromatic rings. The van der Waals surface area contributed by atoms with Gasteiger partial charge in [-0.15, -0.1) is 11.3 Å². The van der Waals surface area contributed by atoms with E-state index in [-0.39, 0.29) is 18.8 Å². The maximum atomic E-state index is 11.9. The van der Waals surface area contributed by atoms with Gasteiger partial charge in [-0.25, -0.2) is 4.98 Å². The Kier molecular flexibility index (Phi) is 3.72. The fraction of sp³-hybridized carbons (Fsp3) is 0.200. The van der Waals surface area contributed by atoms with Crippen LogP contribution in [0.5, 0.6) is 5.75 Å². The van der Waals surface area contributed by atoms with Gasteiger partial charge in [0.25, 0.3) is 5.56 Å². The summed E-state index contributed by atoms with van der Waals surface area (Å²) in [7, 11) is 0. The number of ether oxygens (including phenoxy) is 1. The number of nitrogens with zero attached hydrogens (tertiary/aromatic N) is 1. The van der Waals surface area contributed by atoms with Gasteiger partial charge in [0, 0.05) is 5.56 Å². The van der Waals surface area contributed by atoms with Crippen LogP contribution >= 0.6 is 11.3 Å². The number of rotatable bonds is 4. The van der Waals surface area contributed by atoms with Gasteiger partial charge >= 0.3 is 0 Å². The van der Waals surface area contributed by atoms with Crippen molar-refractivity contribution in [3.8, 4) is 5.75 Å². The van der Waals surface area contributed by atoms with Gasteiger partial charge in [0.1, 0.15) is 22.9 Å². The van der Waals surface area contributed by atoms with E-state index in [1.807, 2.05) is 36.6 Å². The summed E-state index contributed by atoms with van der Waals surface area (Å²) in [5.74, 6) is 1.06. The summed E-state index contributed by atoms with van der Waals surface area (Å²) in [5.41, 5.74) is 2.29. The average molecular weight is 302 g/mol. The molecule has 3 rings (SSSR count). The Morgan fingerprint density at radius 1 is 1.38 bits per heavy atom. The van der Waals surface area contributed by atoms with Gasteiger partial charge in [-0.1, -0.05) is 17.7 Å². The molecule has 0 spiro atoms. The summed E-state index contributed by atoms with van der Waals surface area (Å²) in [6.45, 7) is 2.01. The van der Waals surface area contributed by atoms with Gasteiger partial charge in [0.05, 0.1) is 12.1 Å². The number of hydrogen-bond acceptors (Lipinski definition) is 5. The minimum Gasteiger partial charge on any atom is -0.485 e. The lowest BCUT2D eigenvalue weighted by atomic mass is 10.1. The summed E-state index contributed by atoms with van der Waals surface area (Å²) >= 11 is 1.36. The Bertz CT molecular complexity index is 838. The lowest BCUT2D eigenvalue weighted by Crippen LogP contribution is -2.12. The van der Waals surface area contributed by atoms with Gasteiger partial charge in [0.2, 0.25) is 0 Å². The molecule has 0 fully saturated rings. The second-order valence-corrected chi connectivity index (χ2v) is 5.62. The molecular weight excluding hydrogens is 288 g/mol. The van der Waals surface area contributed by atoms with Crippen molar-refractivity contribution in [1.82, 2.24) is 9.97 Å². The highest BCUT2D eigenvalue weighted by Gasteiger charge is 2.07. The van der Waals surface area contributed by atoms with E-state index in [9.17, 15) is 9.90 Å². The van der Waals surface area contributed by atoms with Crippen molar-refractivity contribution in [3.63, 3.8) is 0 Å². The molecule has 2 heterocycles. The lowest BCUT2D eigenvalue weighted by molar-refractivity contribution is 0.255. The number of thiophene rings is 1. The average Bonchev–Trinajstić information content (AvgIpc) is 2.94. The first-order valence-electron chi connectivity index (χ1n) is 6.47. The number of fused-ring (bicyclic) bond motifs is 1. The van der Waals surface area contributed by atoms with E-state index in [4.69, 9.17) is 4.74 Å². The van der Waals surface area contributed by atoms with E-state index in [0.29, 0.717) is 27.4 Å². The highest BCUT2D eigenvalue weighted by atomic mass is 32.1. The Balaban J connectivity index is 1.85. The van der Waals surface area contributed by atoms with Crippen LogP contribution in [0, 0.1) is 6.92 Å². The first-order chi connectivity index (χ1) is 10.2. The molecule has 0 unspecified atom stereocenters. The molecule has 1 aromatic carbocycles. The quantitative estimate of drug-likeness (QED) is 0.776. The fourth-order valence-corrected chi connectivity index (χ4v) is 2.83. The molecule has 0 amide bonds. The Labute approximate surface area is 124 Å². The molecule has 0 atom stereocenters. The van der Waals surface area contributed by atoms with Gasteiger partial charge in [-0.3, -0.25) is 4.79 Å². The van der Waals surface area contributed by atoms with Crippen LogP contribution in [0.4, 0.5) is 0 Å². The zero-order chi connectivity index (χ0) is 14.8. The molecule has 0 radical (unpaired) electrons. The van der Waals surface area contributed by atoms with Crippen LogP contribution in [0.3, 0.4) is 0 Å². The van der Waals surface area contributed by atoms with E-state index < -0.39 is 0 Å². The predicted molar refractivity (Wildman–Crippen MR) is 81.7 cm³/mol. The third kappa shape index (κ3) is 2.81. The number of benzene rings is 1. The van der Waals surface area contributed by atoms with Gasteiger partial charge in [0.15, 0.2) is 0 Å². The summed E-state index contributed by atoms with van der Waals surface area (Å²) in [4.78, 5) is 18.9. The van der Waals surface area contributed by atoms with E-state index in [0.717, 1.165) is 5.56 Å². The minimum atomic E-state index is -0.153. The number of aliphatic hydroxyl groups excluding tert-OH is 1. The van der Waals surface area contributed by atoms with Crippen LogP contribution in [0.25, 0.3) is 10.2 Å². The first-order valence-corrected chi connectivity index (χ1v) is 7.35. The second kappa shape index (κ2) is 5.67. The van der Waals surface area contributed by atoms with Crippen LogP contribution in [-0.4, -0.2) is 15.1 Å². The molecule has 6 heteroatoms. The summed E-state index contributed by atoms with van der Waals surface area (Å²) < 4.78 is 6.28. The Morgan fingerprint density at radius 3 is 3.05 bits per heavy atom. The minimum absolute atomic E-state index is 0.0927. The second-order valence-electron chi connectivity index (χ2n) is 4.71. The molecule has 0 bridgehead atoms. The largest absolute Gasteiger partial charge is 0.485 e. The van der Waals surface area contributed by atoms with Crippen molar-refractivity contribution < 1.29 is 9.84 Å². The van der Waals surface area contributed by atoms with Crippen molar-refractivity contribution >= 4 is 21.6 Å². The molecule has 21 heavy (non-hydrogen) atoms. The van der Waals surface area contributed by atoms with Crippen molar-refractivity contribution in [2.24, 2.45) is 0 Å². The third-order valence-corrected chi connectivity index (χ3v) is 4.02. The molecule has 0 saturated heterocycles. The Morgan fingerprint density at radius 2 is 2.24 bits per heavy atom. The summed E-state index contributed by atoms with van der Waals surface area (Å²) in [5, 5.41) is 11.2. The van der Waals surface area contributed by atoms with E-state index in [2.05, 4.69) is 9.97 Å². The SMILES string of the molecule is Cc1ccc(OCc2nc3ccsc3c(=O)[nH]2)c(CO)c1. The number of H-pyrrole nitrogens is 1. The van der Waals surface area contributed by atoms with E-state index in [1.165, 1.54) is 11.3 Å². The molecule has 108 valence electrons. The van der Waals surface area contributed by atoms with Crippen molar-refractivity contribution in [2.45, 2.75) is 20.1 Å². The van der Waals surface area contributed by atoms with Crippen LogP contribution in [-0.2, 0) is 13.2 Å². The Hall–Kier alpha value is -2.18. The fourth-order valence-electron chi connectivity index (χ4n) is 2.11. The first kappa shape index (κ1) is 13.8.